The number of fused-ring (bicyclic) bond motifs is 1. The van der Waals surface area contributed by atoms with Crippen LogP contribution in [-0.4, -0.2) is 35.8 Å². The zero-order chi connectivity index (χ0) is 15.6. The van der Waals surface area contributed by atoms with Gasteiger partial charge in [0.25, 0.3) is 11.0 Å². The molecular formula is C11H9F3N2O5. The maximum atomic E-state index is 12.5. The lowest BCUT2D eigenvalue weighted by atomic mass is 10.1. The number of amides is 1. The number of nitrogens with zero attached hydrogens (tertiary/aromatic N) is 2. The SMILES string of the molecule is O=C1c2ccc(C(F)(F)F)cc2OCN1CCO[N+](=O)[O-]. The Bertz CT molecular complexity index is 575. The number of benzene rings is 1. The summed E-state index contributed by atoms with van der Waals surface area (Å²) in [7, 11) is 0. The number of carbonyl (C=O) groups is 1. The van der Waals surface area contributed by atoms with Crippen LogP contribution in [0.1, 0.15) is 15.9 Å². The molecule has 1 aliphatic rings. The van der Waals surface area contributed by atoms with E-state index >= 15 is 0 Å². The quantitative estimate of drug-likeness (QED) is 0.624. The molecule has 1 aliphatic heterocycles. The minimum atomic E-state index is -4.53. The van der Waals surface area contributed by atoms with Crippen LogP contribution in [0.3, 0.4) is 0 Å². The van der Waals surface area contributed by atoms with Crippen molar-refractivity contribution in [2.75, 3.05) is 19.9 Å². The van der Waals surface area contributed by atoms with Crippen molar-refractivity contribution in [3.05, 3.63) is 39.4 Å². The summed E-state index contributed by atoms with van der Waals surface area (Å²) in [5.41, 5.74) is -0.950. The fourth-order valence-electron chi connectivity index (χ4n) is 1.76. The Morgan fingerprint density at radius 2 is 2.14 bits per heavy atom. The maximum Gasteiger partial charge on any atom is 0.416 e. The van der Waals surface area contributed by atoms with Gasteiger partial charge in [-0.05, 0) is 18.2 Å². The number of hydrogen-bond donors (Lipinski definition) is 0. The molecule has 1 amide bonds. The van der Waals surface area contributed by atoms with Crippen LogP contribution in [0, 0.1) is 10.1 Å². The van der Waals surface area contributed by atoms with E-state index in [0.717, 1.165) is 23.1 Å². The smallest absolute Gasteiger partial charge is 0.416 e. The van der Waals surface area contributed by atoms with Crippen LogP contribution in [0.15, 0.2) is 18.2 Å². The molecule has 0 aromatic heterocycles. The molecule has 0 N–H and O–H groups in total. The van der Waals surface area contributed by atoms with E-state index in [0.29, 0.717) is 0 Å². The van der Waals surface area contributed by atoms with Crippen LogP contribution < -0.4 is 4.74 Å². The van der Waals surface area contributed by atoms with Gasteiger partial charge in [0, 0.05) is 6.54 Å². The van der Waals surface area contributed by atoms with E-state index < -0.39 is 22.7 Å². The molecule has 7 nitrogen and oxygen atoms in total. The molecule has 0 radical (unpaired) electrons. The maximum absolute atomic E-state index is 12.5. The molecule has 0 bridgehead atoms. The zero-order valence-electron chi connectivity index (χ0n) is 10.4. The molecule has 1 heterocycles. The molecule has 0 saturated carbocycles. The van der Waals surface area contributed by atoms with E-state index in [1.165, 1.54) is 0 Å². The van der Waals surface area contributed by atoms with Gasteiger partial charge in [0.1, 0.15) is 12.4 Å². The van der Waals surface area contributed by atoms with E-state index in [9.17, 15) is 28.1 Å². The van der Waals surface area contributed by atoms with Gasteiger partial charge in [0.2, 0.25) is 0 Å². The second-order valence-corrected chi connectivity index (χ2v) is 4.11. The van der Waals surface area contributed by atoms with Crippen molar-refractivity contribution >= 4 is 5.91 Å². The standard InChI is InChI=1S/C11H9F3N2O5/c12-11(13,14)7-1-2-8-9(5-7)20-6-15(10(8)17)3-4-21-16(18)19/h1-2,5H,3-4,6H2. The Morgan fingerprint density at radius 1 is 1.43 bits per heavy atom. The summed E-state index contributed by atoms with van der Waals surface area (Å²) < 4.78 is 42.7. The molecule has 0 unspecified atom stereocenters. The lowest BCUT2D eigenvalue weighted by molar-refractivity contribution is -0.757. The van der Waals surface area contributed by atoms with Crippen LogP contribution in [-0.2, 0) is 11.0 Å². The molecule has 21 heavy (non-hydrogen) atoms. The summed E-state index contributed by atoms with van der Waals surface area (Å²) in [5.74, 6) is -0.738. The van der Waals surface area contributed by atoms with E-state index in [2.05, 4.69) is 4.84 Å². The molecule has 10 heteroatoms. The molecule has 0 aliphatic carbocycles. The van der Waals surface area contributed by atoms with Crippen molar-refractivity contribution in [2.45, 2.75) is 6.18 Å². The largest absolute Gasteiger partial charge is 0.472 e. The lowest BCUT2D eigenvalue weighted by Crippen LogP contribution is -2.40. The second-order valence-electron chi connectivity index (χ2n) is 4.11. The van der Waals surface area contributed by atoms with E-state index in [1.807, 2.05) is 0 Å². The fourth-order valence-corrected chi connectivity index (χ4v) is 1.76. The molecule has 0 spiro atoms. The monoisotopic (exact) mass is 306 g/mol. The van der Waals surface area contributed by atoms with E-state index in [1.54, 1.807) is 0 Å². The molecule has 2 rings (SSSR count). The lowest BCUT2D eigenvalue weighted by Gasteiger charge is -2.28. The summed E-state index contributed by atoms with van der Waals surface area (Å²) in [6.45, 7) is -0.757. The van der Waals surface area contributed by atoms with Gasteiger partial charge in [-0.3, -0.25) is 4.79 Å². The summed E-state index contributed by atoms with van der Waals surface area (Å²) in [5, 5.41) is 8.99. The van der Waals surface area contributed by atoms with Crippen LogP contribution in [0.5, 0.6) is 5.75 Å². The zero-order valence-corrected chi connectivity index (χ0v) is 10.4. The number of halogens is 3. The normalized spacial score (nSPS) is 14.4. The van der Waals surface area contributed by atoms with Crippen LogP contribution >= 0.6 is 0 Å². The first-order chi connectivity index (χ1) is 9.79. The number of rotatable bonds is 4. The predicted octanol–water partition coefficient (Wildman–Crippen LogP) is 1.71. The van der Waals surface area contributed by atoms with Gasteiger partial charge in [0.15, 0.2) is 6.73 Å². The van der Waals surface area contributed by atoms with E-state index in [4.69, 9.17) is 4.74 Å². The fraction of sp³-hybridized carbons (Fsp3) is 0.364. The minimum Gasteiger partial charge on any atom is -0.472 e. The highest BCUT2D eigenvalue weighted by Crippen LogP contribution is 2.34. The Balaban J connectivity index is 2.12. The molecular weight excluding hydrogens is 297 g/mol. The summed E-state index contributed by atoms with van der Waals surface area (Å²) >= 11 is 0. The third-order valence-corrected chi connectivity index (χ3v) is 2.76. The van der Waals surface area contributed by atoms with Gasteiger partial charge in [-0.25, -0.2) is 0 Å². The first-order valence-electron chi connectivity index (χ1n) is 5.69. The third kappa shape index (κ3) is 3.33. The van der Waals surface area contributed by atoms with Gasteiger partial charge in [-0.2, -0.15) is 13.2 Å². The van der Waals surface area contributed by atoms with E-state index in [-0.39, 0.29) is 31.2 Å². The summed E-state index contributed by atoms with van der Waals surface area (Å²) in [6.07, 6.45) is -4.53. The Kier molecular flexibility index (Phi) is 3.87. The predicted molar refractivity (Wildman–Crippen MR) is 60.9 cm³/mol. The van der Waals surface area contributed by atoms with Crippen molar-refractivity contribution < 1.29 is 32.6 Å². The average Bonchev–Trinajstić information content (AvgIpc) is 2.39. The summed E-state index contributed by atoms with van der Waals surface area (Å²) in [4.78, 5) is 27.2. The molecule has 1 aromatic carbocycles. The topological polar surface area (TPSA) is 81.9 Å². The van der Waals surface area contributed by atoms with Crippen LogP contribution in [0.4, 0.5) is 13.2 Å². The minimum absolute atomic E-state index is 0.0321. The van der Waals surface area contributed by atoms with Gasteiger partial charge in [-0.15, -0.1) is 10.1 Å². The molecule has 1 aromatic rings. The van der Waals surface area contributed by atoms with Gasteiger partial charge in [0.05, 0.1) is 11.1 Å². The second kappa shape index (κ2) is 5.46. The molecule has 114 valence electrons. The highest BCUT2D eigenvalue weighted by Gasteiger charge is 2.33. The molecule has 0 saturated heterocycles. The first kappa shape index (κ1) is 14.9. The van der Waals surface area contributed by atoms with Crippen molar-refractivity contribution in [1.82, 2.24) is 4.90 Å². The number of ether oxygens (including phenoxy) is 1. The highest BCUT2D eigenvalue weighted by atomic mass is 19.4. The first-order valence-corrected chi connectivity index (χ1v) is 5.69. The number of alkyl halides is 3. The highest BCUT2D eigenvalue weighted by molar-refractivity contribution is 5.97. The van der Waals surface area contributed by atoms with Crippen molar-refractivity contribution in [1.29, 1.82) is 0 Å². The number of carbonyl (C=O) groups excluding carboxylic acids is 1. The van der Waals surface area contributed by atoms with Crippen molar-refractivity contribution in [2.24, 2.45) is 0 Å². The van der Waals surface area contributed by atoms with Gasteiger partial charge in [-0.1, -0.05) is 0 Å². The van der Waals surface area contributed by atoms with Crippen LogP contribution in [0.2, 0.25) is 0 Å². The molecule has 0 fully saturated rings. The summed E-state index contributed by atoms with van der Waals surface area (Å²) in [6, 6.07) is 2.54. The van der Waals surface area contributed by atoms with Crippen molar-refractivity contribution in [3.63, 3.8) is 0 Å². The van der Waals surface area contributed by atoms with Gasteiger partial charge < -0.3 is 14.5 Å². The van der Waals surface area contributed by atoms with Crippen molar-refractivity contribution in [3.8, 4) is 5.75 Å². The Labute approximate surface area is 116 Å². The molecule has 0 atom stereocenters. The average molecular weight is 306 g/mol. The van der Waals surface area contributed by atoms with Crippen LogP contribution in [0.25, 0.3) is 0 Å². The number of hydrogen-bond acceptors (Lipinski definition) is 5. The Morgan fingerprint density at radius 3 is 2.76 bits per heavy atom. The van der Waals surface area contributed by atoms with Gasteiger partial charge >= 0.3 is 6.18 Å². The Hall–Kier alpha value is -2.52. The third-order valence-electron chi connectivity index (χ3n) is 2.76.